The van der Waals surface area contributed by atoms with Gasteiger partial charge in [-0.1, -0.05) is 33.4 Å². The SMILES string of the molecule is C=C1C=C(C(C)C)C=CN1C(=C(/C)CC)/C(C)=N/C=C\C. The van der Waals surface area contributed by atoms with Gasteiger partial charge in [-0.15, -0.1) is 0 Å². The molecule has 0 fully saturated rings. The third kappa shape index (κ3) is 4.32. The van der Waals surface area contributed by atoms with Gasteiger partial charge in [0.05, 0.1) is 11.4 Å². The van der Waals surface area contributed by atoms with Gasteiger partial charge >= 0.3 is 0 Å². The molecule has 0 aliphatic carbocycles. The minimum Gasteiger partial charge on any atom is -0.316 e. The average molecular weight is 284 g/mol. The largest absolute Gasteiger partial charge is 0.316 e. The number of allylic oxidation sites excluding steroid dienone is 6. The molecule has 0 unspecified atom stereocenters. The van der Waals surface area contributed by atoms with Crippen molar-refractivity contribution in [2.24, 2.45) is 10.9 Å². The van der Waals surface area contributed by atoms with Crippen LogP contribution in [-0.2, 0) is 0 Å². The number of nitrogens with zero attached hydrogens (tertiary/aromatic N) is 2. The molecule has 1 aliphatic heterocycles. The van der Waals surface area contributed by atoms with Gasteiger partial charge in [0.2, 0.25) is 0 Å². The molecule has 1 heterocycles. The summed E-state index contributed by atoms with van der Waals surface area (Å²) in [5.41, 5.74) is 5.79. The van der Waals surface area contributed by atoms with E-state index < -0.39 is 0 Å². The highest BCUT2D eigenvalue weighted by Gasteiger charge is 2.18. The van der Waals surface area contributed by atoms with Crippen LogP contribution in [-0.4, -0.2) is 10.6 Å². The van der Waals surface area contributed by atoms with Crippen molar-refractivity contribution in [2.75, 3.05) is 0 Å². The molecule has 0 radical (unpaired) electrons. The Morgan fingerprint density at radius 3 is 2.52 bits per heavy atom. The zero-order valence-corrected chi connectivity index (χ0v) is 14.3. The maximum Gasteiger partial charge on any atom is 0.0656 e. The topological polar surface area (TPSA) is 15.6 Å². The summed E-state index contributed by atoms with van der Waals surface area (Å²) in [7, 11) is 0. The molecule has 0 amide bonds. The summed E-state index contributed by atoms with van der Waals surface area (Å²) in [5, 5.41) is 0. The first-order chi connectivity index (χ1) is 9.92. The molecule has 1 rings (SSSR count). The number of hydrogen-bond donors (Lipinski definition) is 0. The van der Waals surface area contributed by atoms with E-state index in [-0.39, 0.29) is 0 Å². The second-order valence-electron chi connectivity index (χ2n) is 5.66. The molecule has 2 nitrogen and oxygen atoms in total. The first-order valence-electron chi connectivity index (χ1n) is 7.65. The monoisotopic (exact) mass is 284 g/mol. The van der Waals surface area contributed by atoms with E-state index in [9.17, 15) is 0 Å². The fraction of sp³-hybridized carbons (Fsp3) is 0.421. The van der Waals surface area contributed by atoms with Gasteiger partial charge in [0.15, 0.2) is 0 Å². The van der Waals surface area contributed by atoms with Gasteiger partial charge in [-0.25, -0.2) is 0 Å². The van der Waals surface area contributed by atoms with Crippen LogP contribution in [0.25, 0.3) is 0 Å². The quantitative estimate of drug-likeness (QED) is 0.601. The van der Waals surface area contributed by atoms with Gasteiger partial charge in [-0.3, -0.25) is 4.99 Å². The normalized spacial score (nSPS) is 17.7. The van der Waals surface area contributed by atoms with Crippen LogP contribution < -0.4 is 0 Å². The molecule has 0 spiro atoms. The van der Waals surface area contributed by atoms with Crippen molar-refractivity contribution in [3.8, 4) is 0 Å². The van der Waals surface area contributed by atoms with E-state index in [2.05, 4.69) is 69.4 Å². The lowest BCUT2D eigenvalue weighted by Crippen LogP contribution is -2.23. The Morgan fingerprint density at radius 2 is 2.05 bits per heavy atom. The van der Waals surface area contributed by atoms with Crippen molar-refractivity contribution in [1.29, 1.82) is 0 Å². The highest BCUT2D eigenvalue weighted by atomic mass is 15.1. The van der Waals surface area contributed by atoms with E-state index in [1.54, 1.807) is 0 Å². The smallest absolute Gasteiger partial charge is 0.0656 e. The number of aliphatic imine (C=N–C) groups is 1. The Balaban J connectivity index is 3.21. The fourth-order valence-corrected chi connectivity index (χ4v) is 2.25. The second kappa shape index (κ2) is 7.82. The Kier molecular flexibility index (Phi) is 6.41. The zero-order valence-electron chi connectivity index (χ0n) is 14.3. The summed E-state index contributed by atoms with van der Waals surface area (Å²) in [6.45, 7) is 17.0. The maximum atomic E-state index is 4.52. The second-order valence-corrected chi connectivity index (χ2v) is 5.66. The van der Waals surface area contributed by atoms with E-state index in [0.717, 1.165) is 23.5 Å². The van der Waals surface area contributed by atoms with Gasteiger partial charge in [0.25, 0.3) is 0 Å². The lowest BCUT2D eigenvalue weighted by atomic mass is 9.99. The van der Waals surface area contributed by atoms with Crippen molar-refractivity contribution in [3.05, 3.63) is 59.7 Å². The van der Waals surface area contributed by atoms with Gasteiger partial charge in [-0.05, 0) is 56.4 Å². The van der Waals surface area contributed by atoms with Crippen molar-refractivity contribution in [3.63, 3.8) is 0 Å². The highest BCUT2D eigenvalue weighted by Crippen LogP contribution is 2.27. The number of hydrogen-bond acceptors (Lipinski definition) is 2. The minimum atomic E-state index is 0.512. The first kappa shape index (κ1) is 17.2. The summed E-state index contributed by atoms with van der Waals surface area (Å²) in [6.07, 6.45) is 11.2. The molecule has 21 heavy (non-hydrogen) atoms. The first-order valence-corrected chi connectivity index (χ1v) is 7.65. The van der Waals surface area contributed by atoms with Crippen LogP contribution in [0, 0.1) is 5.92 Å². The summed E-state index contributed by atoms with van der Waals surface area (Å²) in [5.74, 6) is 0.512. The van der Waals surface area contributed by atoms with Crippen LogP contribution in [0.3, 0.4) is 0 Å². The van der Waals surface area contributed by atoms with Gasteiger partial charge in [0.1, 0.15) is 0 Å². The molecule has 0 atom stereocenters. The summed E-state index contributed by atoms with van der Waals surface area (Å²) >= 11 is 0. The fourth-order valence-electron chi connectivity index (χ4n) is 2.25. The molecule has 0 aromatic heterocycles. The van der Waals surface area contributed by atoms with Gasteiger partial charge in [-0.2, -0.15) is 0 Å². The molecule has 0 aromatic carbocycles. The Hall–Kier alpha value is -1.83. The lowest BCUT2D eigenvalue weighted by molar-refractivity contribution is 0.598. The van der Waals surface area contributed by atoms with E-state index in [1.807, 2.05) is 19.2 Å². The van der Waals surface area contributed by atoms with Gasteiger partial charge in [0, 0.05) is 18.1 Å². The van der Waals surface area contributed by atoms with Crippen LogP contribution in [0.1, 0.15) is 48.0 Å². The third-order valence-electron chi connectivity index (χ3n) is 3.66. The summed E-state index contributed by atoms with van der Waals surface area (Å²) in [6, 6.07) is 0. The highest BCUT2D eigenvalue weighted by molar-refractivity contribution is 5.99. The molecule has 0 saturated heterocycles. The zero-order chi connectivity index (χ0) is 16.0. The van der Waals surface area contributed by atoms with E-state index >= 15 is 0 Å². The molecule has 0 bridgehead atoms. The lowest BCUT2D eigenvalue weighted by Gasteiger charge is -2.29. The predicted molar refractivity (Wildman–Crippen MR) is 94.0 cm³/mol. The van der Waals surface area contributed by atoms with Crippen molar-refractivity contribution >= 4 is 5.71 Å². The van der Waals surface area contributed by atoms with Gasteiger partial charge < -0.3 is 4.90 Å². The summed E-state index contributed by atoms with van der Waals surface area (Å²) in [4.78, 5) is 6.66. The standard InChI is InChI=1S/C19H28N2/c1-8-11-20-17(7)19(15(5)9-2)21-12-10-18(14(3)4)13-16(21)6/h8,10-14H,6,9H2,1-5,7H3/b11-8-,19-15-,20-17+. The summed E-state index contributed by atoms with van der Waals surface area (Å²) < 4.78 is 0. The van der Waals surface area contributed by atoms with Crippen LogP contribution in [0.2, 0.25) is 0 Å². The molecule has 1 aliphatic rings. The third-order valence-corrected chi connectivity index (χ3v) is 3.66. The molecule has 114 valence electrons. The Morgan fingerprint density at radius 1 is 1.38 bits per heavy atom. The minimum absolute atomic E-state index is 0.512. The Bertz CT molecular complexity index is 540. The molecular weight excluding hydrogens is 256 g/mol. The molecule has 0 N–H and O–H groups in total. The Labute approximate surface area is 130 Å². The maximum absolute atomic E-state index is 4.52. The molecule has 0 saturated carbocycles. The average Bonchev–Trinajstić information content (AvgIpc) is 2.46. The van der Waals surface area contributed by atoms with Crippen molar-refractivity contribution in [1.82, 2.24) is 4.90 Å². The van der Waals surface area contributed by atoms with E-state index in [1.165, 1.54) is 11.1 Å². The van der Waals surface area contributed by atoms with Crippen LogP contribution in [0.5, 0.6) is 0 Å². The molecular formula is C19H28N2. The molecule has 2 heteroatoms. The van der Waals surface area contributed by atoms with E-state index in [0.29, 0.717) is 5.92 Å². The van der Waals surface area contributed by atoms with Crippen LogP contribution in [0.4, 0.5) is 0 Å². The van der Waals surface area contributed by atoms with Crippen molar-refractivity contribution < 1.29 is 0 Å². The van der Waals surface area contributed by atoms with Crippen LogP contribution in [0.15, 0.2) is 64.7 Å². The molecule has 0 aromatic rings. The predicted octanol–water partition coefficient (Wildman–Crippen LogP) is 5.59. The van der Waals surface area contributed by atoms with Crippen LogP contribution >= 0.6 is 0 Å². The van der Waals surface area contributed by atoms with E-state index in [4.69, 9.17) is 0 Å². The number of rotatable bonds is 5. The van der Waals surface area contributed by atoms with Crippen molar-refractivity contribution in [2.45, 2.75) is 48.0 Å².